The third kappa shape index (κ3) is 2.44. The van der Waals surface area contributed by atoms with Gasteiger partial charge in [-0.3, -0.25) is 0 Å². The van der Waals surface area contributed by atoms with Crippen molar-refractivity contribution in [1.82, 2.24) is 19.5 Å². The van der Waals surface area contributed by atoms with Crippen LogP contribution in [0, 0.1) is 0 Å². The van der Waals surface area contributed by atoms with Crippen molar-refractivity contribution in [2.45, 2.75) is 0 Å². The zero-order valence-electron chi connectivity index (χ0n) is 13.0. The molecule has 0 aromatic carbocycles. The molecule has 1 aliphatic heterocycles. The lowest BCUT2D eigenvalue weighted by atomic mass is 10.3. The molecule has 4 aromatic rings. The molecule has 0 amide bonds. The SMILES string of the molecule is C1=c2/cc/c([nH]2)=C/c2ccc([nH]2)/C=c2/cc/c([nH]2)=C/n2ccc/1c2. The number of aromatic amines is 3. The highest BCUT2D eigenvalue weighted by atomic mass is 14.9. The molecule has 4 heteroatoms. The summed E-state index contributed by atoms with van der Waals surface area (Å²) >= 11 is 0. The summed E-state index contributed by atoms with van der Waals surface area (Å²) in [5.74, 6) is 0. The van der Waals surface area contributed by atoms with Gasteiger partial charge in [0.1, 0.15) is 0 Å². The minimum atomic E-state index is 1.07. The molecule has 5 rings (SSSR count). The molecule has 3 N–H and O–H groups in total. The van der Waals surface area contributed by atoms with Crippen LogP contribution in [-0.2, 0) is 0 Å². The fourth-order valence-electron chi connectivity index (χ4n) is 3.06. The Morgan fingerprint density at radius 3 is 1.96 bits per heavy atom. The van der Waals surface area contributed by atoms with Crippen molar-refractivity contribution >= 4 is 24.4 Å². The summed E-state index contributed by atoms with van der Waals surface area (Å²) in [6.45, 7) is 0. The molecule has 0 radical (unpaired) electrons. The average molecular weight is 312 g/mol. The Morgan fingerprint density at radius 2 is 1.21 bits per heavy atom. The molecule has 0 spiro atoms. The second kappa shape index (κ2) is 5.06. The van der Waals surface area contributed by atoms with E-state index < -0.39 is 0 Å². The number of fused-ring (bicyclic) bond motifs is 8. The zero-order chi connectivity index (χ0) is 15.9. The van der Waals surface area contributed by atoms with Crippen molar-refractivity contribution in [2.75, 3.05) is 0 Å². The number of nitrogens with one attached hydrogen (secondary N) is 3. The largest absolute Gasteiger partial charge is 0.355 e. The molecule has 24 heavy (non-hydrogen) atoms. The monoisotopic (exact) mass is 312 g/mol. The Kier molecular flexibility index (Phi) is 2.76. The maximum Gasteiger partial charge on any atom is 0.0553 e. The summed E-state index contributed by atoms with van der Waals surface area (Å²) < 4.78 is 2.07. The number of H-pyrrole nitrogens is 3. The van der Waals surface area contributed by atoms with Crippen LogP contribution in [0.15, 0.2) is 54.9 Å². The molecule has 0 unspecified atom stereocenters. The van der Waals surface area contributed by atoms with Gasteiger partial charge in [-0.1, -0.05) is 0 Å². The Bertz CT molecular complexity index is 1070. The third-order valence-corrected chi connectivity index (χ3v) is 4.16. The third-order valence-electron chi connectivity index (χ3n) is 4.16. The molecule has 5 heterocycles. The molecule has 0 atom stereocenters. The van der Waals surface area contributed by atoms with E-state index in [0.29, 0.717) is 0 Å². The van der Waals surface area contributed by atoms with Gasteiger partial charge in [-0.15, -0.1) is 0 Å². The van der Waals surface area contributed by atoms with E-state index in [2.05, 4.69) is 98.8 Å². The Balaban J connectivity index is 1.79. The van der Waals surface area contributed by atoms with Crippen molar-refractivity contribution in [3.05, 3.63) is 93.2 Å². The van der Waals surface area contributed by atoms with Gasteiger partial charge in [-0.25, -0.2) is 0 Å². The standard InChI is InChI=1S/C20H16N4/c1-2-16-10-17-3-4-18(22-17)11-19-5-6-20(23-19)13-24-8-7-14(12-24)9-15(1)21-16/h1-13,21-23H/b15-9-,16-10-,19-11-,20-13-. The first-order chi connectivity index (χ1) is 11.8. The van der Waals surface area contributed by atoms with Gasteiger partial charge in [0.15, 0.2) is 0 Å². The van der Waals surface area contributed by atoms with Gasteiger partial charge in [0, 0.05) is 46.0 Å². The van der Waals surface area contributed by atoms with Crippen LogP contribution in [0.2, 0.25) is 0 Å². The van der Waals surface area contributed by atoms with E-state index in [1.54, 1.807) is 0 Å². The first kappa shape index (κ1) is 13.1. The molecule has 4 nitrogen and oxygen atoms in total. The first-order valence-electron chi connectivity index (χ1n) is 7.94. The summed E-state index contributed by atoms with van der Waals surface area (Å²) in [5, 5.41) is 4.31. The van der Waals surface area contributed by atoms with Crippen molar-refractivity contribution in [3.8, 4) is 0 Å². The second-order valence-corrected chi connectivity index (χ2v) is 6.06. The molecule has 0 aliphatic carbocycles. The van der Waals surface area contributed by atoms with Gasteiger partial charge in [0.05, 0.1) is 5.35 Å². The van der Waals surface area contributed by atoms with Crippen LogP contribution in [0.25, 0.3) is 24.4 Å². The fraction of sp³-hybridized carbons (Fsp3) is 0. The van der Waals surface area contributed by atoms with Gasteiger partial charge in [0.25, 0.3) is 0 Å². The first-order valence-corrected chi connectivity index (χ1v) is 7.94. The molecular formula is C20H16N4. The minimum Gasteiger partial charge on any atom is -0.355 e. The summed E-state index contributed by atoms with van der Waals surface area (Å²) in [6.07, 6.45) is 12.6. The lowest BCUT2D eigenvalue weighted by molar-refractivity contribution is 1.13. The van der Waals surface area contributed by atoms with E-state index in [0.717, 1.165) is 38.3 Å². The number of aromatic nitrogens is 4. The number of rotatable bonds is 0. The van der Waals surface area contributed by atoms with E-state index in [-0.39, 0.29) is 0 Å². The smallest absolute Gasteiger partial charge is 0.0553 e. The van der Waals surface area contributed by atoms with Crippen molar-refractivity contribution in [3.63, 3.8) is 0 Å². The topological polar surface area (TPSA) is 52.3 Å². The molecule has 0 saturated heterocycles. The minimum absolute atomic E-state index is 1.07. The average Bonchev–Trinajstić information content (AvgIpc) is 3.32. The van der Waals surface area contributed by atoms with Crippen LogP contribution >= 0.6 is 0 Å². The summed E-state index contributed by atoms with van der Waals surface area (Å²) in [4.78, 5) is 10.3. The molecule has 4 aromatic heterocycles. The maximum atomic E-state index is 3.43. The highest BCUT2D eigenvalue weighted by Gasteiger charge is 1.96. The van der Waals surface area contributed by atoms with Crippen LogP contribution < -0.4 is 21.4 Å². The van der Waals surface area contributed by atoms with E-state index >= 15 is 0 Å². The lowest BCUT2D eigenvalue weighted by Crippen LogP contribution is -2.11. The van der Waals surface area contributed by atoms with Gasteiger partial charge in [-0.2, -0.15) is 0 Å². The molecule has 0 saturated carbocycles. The van der Waals surface area contributed by atoms with E-state index in [4.69, 9.17) is 0 Å². The molecule has 116 valence electrons. The quantitative estimate of drug-likeness (QED) is 0.374. The van der Waals surface area contributed by atoms with Crippen molar-refractivity contribution < 1.29 is 0 Å². The Hall–Kier alpha value is -3.40. The molecular weight excluding hydrogens is 296 g/mol. The summed E-state index contributed by atoms with van der Waals surface area (Å²) in [6, 6.07) is 14.6. The number of nitrogens with zero attached hydrogens (tertiary/aromatic N) is 1. The summed E-state index contributed by atoms with van der Waals surface area (Å²) in [5.41, 5.74) is 3.31. The van der Waals surface area contributed by atoms with E-state index in [9.17, 15) is 0 Å². The normalized spacial score (nSPS) is 18.3. The Morgan fingerprint density at radius 1 is 0.583 bits per heavy atom. The predicted octanol–water partition coefficient (Wildman–Crippen LogP) is 0.558. The van der Waals surface area contributed by atoms with Gasteiger partial charge in [-0.05, 0) is 66.3 Å². The predicted molar refractivity (Wildman–Crippen MR) is 95.9 cm³/mol. The Labute approximate surface area is 137 Å². The second-order valence-electron chi connectivity index (χ2n) is 6.06. The molecule has 8 bridgehead atoms. The highest BCUT2D eigenvalue weighted by Crippen LogP contribution is 2.03. The van der Waals surface area contributed by atoms with Gasteiger partial charge in [0.2, 0.25) is 0 Å². The molecule has 1 aliphatic rings. The molecule has 0 fully saturated rings. The van der Waals surface area contributed by atoms with Crippen LogP contribution in [-0.4, -0.2) is 19.5 Å². The van der Waals surface area contributed by atoms with E-state index in [1.807, 2.05) is 0 Å². The lowest BCUT2D eigenvalue weighted by Gasteiger charge is -1.90. The maximum absolute atomic E-state index is 3.43. The highest BCUT2D eigenvalue weighted by molar-refractivity contribution is 5.53. The number of hydrogen-bond acceptors (Lipinski definition) is 0. The number of hydrogen-bond donors (Lipinski definition) is 3. The fourth-order valence-corrected chi connectivity index (χ4v) is 3.06. The van der Waals surface area contributed by atoms with Gasteiger partial charge < -0.3 is 19.5 Å². The van der Waals surface area contributed by atoms with Crippen molar-refractivity contribution in [1.29, 1.82) is 0 Å². The van der Waals surface area contributed by atoms with Crippen LogP contribution in [0.1, 0.15) is 17.0 Å². The van der Waals surface area contributed by atoms with Crippen molar-refractivity contribution in [2.24, 2.45) is 0 Å². The zero-order valence-corrected chi connectivity index (χ0v) is 13.0. The van der Waals surface area contributed by atoms with Crippen LogP contribution in [0.4, 0.5) is 0 Å². The van der Waals surface area contributed by atoms with Crippen LogP contribution in [0.5, 0.6) is 0 Å². The van der Waals surface area contributed by atoms with Crippen LogP contribution in [0.3, 0.4) is 0 Å². The summed E-state index contributed by atoms with van der Waals surface area (Å²) in [7, 11) is 0. The van der Waals surface area contributed by atoms with E-state index in [1.165, 1.54) is 0 Å². The van der Waals surface area contributed by atoms with Gasteiger partial charge >= 0.3 is 0 Å².